The van der Waals surface area contributed by atoms with Crippen molar-refractivity contribution < 1.29 is 34.1 Å². The van der Waals surface area contributed by atoms with Crippen LogP contribution in [0.5, 0.6) is 11.5 Å². The van der Waals surface area contributed by atoms with E-state index in [0.29, 0.717) is 38.0 Å². The molecule has 1 saturated carbocycles. The second-order valence-electron chi connectivity index (χ2n) is 8.49. The Morgan fingerprint density at radius 2 is 2.03 bits per heavy atom. The van der Waals surface area contributed by atoms with Gasteiger partial charge in [0.05, 0.1) is 11.8 Å². The molecule has 0 unspecified atom stereocenters. The third-order valence-electron chi connectivity index (χ3n) is 6.59. The molecule has 4 aliphatic rings. The smallest absolute Gasteiger partial charge is 0.434 e. The Kier molecular flexibility index (Phi) is 4.08. The second-order valence-corrected chi connectivity index (χ2v) is 8.49. The minimum atomic E-state index is -3.06. The minimum absolute atomic E-state index is 0.000720. The molecule has 5 rings (SSSR count). The summed E-state index contributed by atoms with van der Waals surface area (Å²) in [5, 5.41) is 33.0. The SMILES string of the molecule is NC(=O)[C@H]1C[C@@H](N2CC(Oc3ccc4c(c3C(=O)O)O[B-](O)(O)[C@H]3C[C@@H]43)C2)CN1. The molecule has 6 N–H and O–H groups in total. The number of ether oxygens (including phenoxy) is 1. The van der Waals surface area contributed by atoms with E-state index < -0.39 is 12.7 Å². The molecule has 3 aliphatic heterocycles. The molecule has 0 aromatic heterocycles. The van der Waals surface area contributed by atoms with Crippen molar-refractivity contribution >= 4 is 18.6 Å². The highest BCUT2D eigenvalue weighted by Gasteiger charge is 2.55. The number of likely N-dealkylation sites (tertiary alicyclic amines) is 1. The van der Waals surface area contributed by atoms with E-state index in [4.69, 9.17) is 15.1 Å². The summed E-state index contributed by atoms with van der Waals surface area (Å²) in [6.07, 6.45) is 1.02. The van der Waals surface area contributed by atoms with Crippen molar-refractivity contribution in [2.75, 3.05) is 19.6 Å². The fourth-order valence-electron chi connectivity index (χ4n) is 4.85. The first-order valence-corrected chi connectivity index (χ1v) is 9.86. The van der Waals surface area contributed by atoms with Crippen molar-refractivity contribution in [2.45, 2.75) is 42.8 Å². The van der Waals surface area contributed by atoms with Crippen LogP contribution >= 0.6 is 0 Å². The van der Waals surface area contributed by atoms with Crippen LogP contribution in [0.25, 0.3) is 0 Å². The van der Waals surface area contributed by atoms with E-state index >= 15 is 0 Å². The van der Waals surface area contributed by atoms with E-state index in [1.807, 2.05) is 0 Å². The van der Waals surface area contributed by atoms with Crippen LogP contribution in [-0.2, 0) is 4.79 Å². The molecule has 2 saturated heterocycles. The van der Waals surface area contributed by atoms with Crippen LogP contribution in [0.3, 0.4) is 0 Å². The van der Waals surface area contributed by atoms with Gasteiger partial charge in [0.25, 0.3) is 0 Å². The lowest BCUT2D eigenvalue weighted by atomic mass is 9.68. The van der Waals surface area contributed by atoms with Gasteiger partial charge in [0.1, 0.15) is 17.4 Å². The molecule has 1 aromatic carbocycles. The van der Waals surface area contributed by atoms with E-state index in [2.05, 4.69) is 10.2 Å². The molecular formula is C18H23BN3O7-. The Labute approximate surface area is 166 Å². The number of amides is 1. The van der Waals surface area contributed by atoms with Crippen molar-refractivity contribution in [3.63, 3.8) is 0 Å². The molecule has 10 nitrogen and oxygen atoms in total. The highest BCUT2D eigenvalue weighted by Crippen LogP contribution is 2.63. The molecule has 29 heavy (non-hydrogen) atoms. The third-order valence-corrected chi connectivity index (χ3v) is 6.59. The summed E-state index contributed by atoms with van der Waals surface area (Å²) < 4.78 is 11.2. The van der Waals surface area contributed by atoms with Crippen LogP contribution in [0.2, 0.25) is 5.82 Å². The number of hydrogen-bond donors (Lipinski definition) is 5. The average molecular weight is 404 g/mol. The van der Waals surface area contributed by atoms with E-state index in [1.54, 1.807) is 12.1 Å². The Morgan fingerprint density at radius 1 is 1.28 bits per heavy atom. The number of carboxylic acids is 1. The summed E-state index contributed by atoms with van der Waals surface area (Å²) in [4.78, 5) is 25.4. The average Bonchev–Trinajstić information content (AvgIpc) is 3.28. The summed E-state index contributed by atoms with van der Waals surface area (Å²) in [6, 6.07) is 3.25. The van der Waals surface area contributed by atoms with Gasteiger partial charge in [-0.05, 0) is 24.0 Å². The van der Waals surface area contributed by atoms with Crippen molar-refractivity contribution in [3.8, 4) is 11.5 Å². The van der Waals surface area contributed by atoms with Gasteiger partial charge < -0.3 is 35.6 Å². The van der Waals surface area contributed by atoms with Crippen LogP contribution < -0.4 is 20.4 Å². The number of carbonyl (C=O) groups is 2. The molecular weight excluding hydrogens is 381 g/mol. The number of nitrogens with zero attached hydrogens (tertiary/aromatic N) is 1. The van der Waals surface area contributed by atoms with Crippen LogP contribution in [0.15, 0.2) is 12.1 Å². The molecule has 156 valence electrons. The topological polar surface area (TPSA) is 155 Å². The standard InChI is InChI=1S/C18H23BN3O7/c20-17(23)13-3-8(5-21-13)22-6-9(7-22)28-14-2-1-10-11-4-12(11)19(26,27)29-16(10)15(14)18(24)25/h1-2,8-9,11-13,21,26-27H,3-7H2,(H2,20,23)(H,24,25)/q-1/t8-,11+,12+,13-/m1/s1. The summed E-state index contributed by atoms with van der Waals surface area (Å²) in [5.74, 6) is -1.90. The molecule has 1 aromatic rings. The molecule has 3 heterocycles. The number of rotatable bonds is 5. The number of fused-ring (bicyclic) bond motifs is 3. The number of carboxylic acid groups (broad SMARTS) is 1. The van der Waals surface area contributed by atoms with Crippen LogP contribution in [0.4, 0.5) is 0 Å². The van der Waals surface area contributed by atoms with Gasteiger partial charge in [-0.1, -0.05) is 18.3 Å². The quantitative estimate of drug-likeness (QED) is 0.382. The molecule has 0 spiro atoms. The summed E-state index contributed by atoms with van der Waals surface area (Å²) >= 11 is 0. The van der Waals surface area contributed by atoms with Gasteiger partial charge in [-0.25, -0.2) is 4.79 Å². The zero-order valence-corrected chi connectivity index (χ0v) is 15.7. The van der Waals surface area contributed by atoms with E-state index in [1.165, 1.54) is 0 Å². The predicted octanol–water partition coefficient (Wildman–Crippen LogP) is -1.16. The Morgan fingerprint density at radius 3 is 2.69 bits per heavy atom. The van der Waals surface area contributed by atoms with Gasteiger partial charge in [0.15, 0.2) is 0 Å². The molecule has 0 bridgehead atoms. The van der Waals surface area contributed by atoms with Gasteiger partial charge in [0, 0.05) is 25.7 Å². The normalized spacial score (nSPS) is 32.5. The number of nitrogens with two attached hydrogens (primary N) is 1. The fourth-order valence-corrected chi connectivity index (χ4v) is 4.85. The molecule has 4 atom stereocenters. The first-order chi connectivity index (χ1) is 13.7. The number of benzene rings is 1. The lowest BCUT2D eigenvalue weighted by molar-refractivity contribution is -0.119. The van der Waals surface area contributed by atoms with Crippen molar-refractivity contribution in [1.29, 1.82) is 0 Å². The lowest BCUT2D eigenvalue weighted by Gasteiger charge is -2.43. The monoisotopic (exact) mass is 404 g/mol. The predicted molar refractivity (Wildman–Crippen MR) is 101 cm³/mol. The zero-order chi connectivity index (χ0) is 20.5. The number of carbonyl (C=O) groups excluding carboxylic acids is 1. The highest BCUT2D eigenvalue weighted by atomic mass is 16.6. The maximum atomic E-state index is 11.9. The molecule has 11 heteroatoms. The third kappa shape index (κ3) is 3.05. The highest BCUT2D eigenvalue weighted by molar-refractivity contribution is 6.62. The number of aromatic carboxylic acids is 1. The zero-order valence-electron chi connectivity index (χ0n) is 15.7. The van der Waals surface area contributed by atoms with E-state index in [9.17, 15) is 24.7 Å². The number of hydrogen-bond acceptors (Lipinski definition) is 8. The summed E-state index contributed by atoms with van der Waals surface area (Å²) in [6.45, 7) is -1.18. The van der Waals surface area contributed by atoms with Crippen LogP contribution in [-0.4, -0.2) is 76.5 Å². The Hall–Kier alpha value is -2.34. The maximum absolute atomic E-state index is 11.9. The first kappa shape index (κ1) is 18.7. The van der Waals surface area contributed by atoms with Gasteiger partial charge in [-0.2, -0.15) is 0 Å². The fraction of sp³-hybridized carbons (Fsp3) is 0.556. The molecule has 1 aliphatic carbocycles. The van der Waals surface area contributed by atoms with E-state index in [0.717, 1.165) is 0 Å². The maximum Gasteiger partial charge on any atom is 0.434 e. The van der Waals surface area contributed by atoms with Crippen LogP contribution in [0.1, 0.15) is 34.7 Å². The Balaban J connectivity index is 1.30. The van der Waals surface area contributed by atoms with Crippen molar-refractivity contribution in [1.82, 2.24) is 10.2 Å². The largest absolute Gasteiger partial charge is 0.669 e. The van der Waals surface area contributed by atoms with Gasteiger partial charge >= 0.3 is 12.7 Å². The van der Waals surface area contributed by atoms with E-state index in [-0.39, 0.29) is 52.9 Å². The van der Waals surface area contributed by atoms with Gasteiger partial charge in [-0.15, -0.1) is 0 Å². The van der Waals surface area contributed by atoms with Crippen molar-refractivity contribution in [2.24, 2.45) is 5.73 Å². The molecule has 1 amide bonds. The van der Waals surface area contributed by atoms with Crippen LogP contribution in [0, 0.1) is 0 Å². The summed E-state index contributed by atoms with van der Waals surface area (Å²) in [7, 11) is 0. The number of primary amides is 1. The van der Waals surface area contributed by atoms with Gasteiger partial charge in [0.2, 0.25) is 5.91 Å². The number of nitrogens with one attached hydrogen (secondary N) is 1. The van der Waals surface area contributed by atoms with Gasteiger partial charge in [-0.3, -0.25) is 9.69 Å². The minimum Gasteiger partial charge on any atom is -0.669 e. The van der Waals surface area contributed by atoms with Crippen molar-refractivity contribution in [3.05, 3.63) is 23.3 Å². The molecule has 3 fully saturated rings. The Bertz CT molecular complexity index is 888. The second kappa shape index (κ2) is 6.33. The molecule has 0 radical (unpaired) electrons. The lowest BCUT2D eigenvalue weighted by Crippen LogP contribution is -2.58. The summed E-state index contributed by atoms with van der Waals surface area (Å²) in [5.41, 5.74) is 5.85. The first-order valence-electron chi connectivity index (χ1n) is 9.86.